The van der Waals surface area contributed by atoms with Crippen LogP contribution >= 0.6 is 23.2 Å². The zero-order valence-corrected chi connectivity index (χ0v) is 17.1. The molecule has 0 amide bonds. The van der Waals surface area contributed by atoms with Crippen LogP contribution in [0.5, 0.6) is 11.5 Å². The molecular weight excluding hydrogens is 437 g/mol. The standard InChI is InChI=1S/C22H16Cl2F2O4/c1-11(22(28)29)30-14-9-17(23)16(18(24)10-14)7-12-2-5-21(27)15(6-12)13-3-4-19(25)20(26)8-13/h2-6,8-11,27H,7H2,1H3,(H,28,29). The molecule has 0 aliphatic heterocycles. The van der Waals surface area contributed by atoms with Gasteiger partial charge in [-0.1, -0.05) is 35.3 Å². The first kappa shape index (κ1) is 21.9. The van der Waals surface area contributed by atoms with E-state index in [4.69, 9.17) is 33.0 Å². The monoisotopic (exact) mass is 452 g/mol. The van der Waals surface area contributed by atoms with Crippen LogP contribution < -0.4 is 4.74 Å². The van der Waals surface area contributed by atoms with Gasteiger partial charge in [-0.05, 0) is 60.0 Å². The summed E-state index contributed by atoms with van der Waals surface area (Å²) in [5, 5.41) is 19.7. The highest BCUT2D eigenvalue weighted by atomic mass is 35.5. The molecule has 0 radical (unpaired) electrons. The van der Waals surface area contributed by atoms with Crippen LogP contribution in [0.15, 0.2) is 48.5 Å². The lowest BCUT2D eigenvalue weighted by Gasteiger charge is -2.14. The Morgan fingerprint density at radius 1 is 1.03 bits per heavy atom. The molecule has 3 aromatic rings. The molecule has 0 aromatic heterocycles. The van der Waals surface area contributed by atoms with Crippen LogP contribution in [0.25, 0.3) is 11.1 Å². The smallest absolute Gasteiger partial charge is 0.344 e. The molecule has 8 heteroatoms. The van der Waals surface area contributed by atoms with Crippen molar-refractivity contribution in [2.75, 3.05) is 0 Å². The number of carboxylic acid groups (broad SMARTS) is 1. The van der Waals surface area contributed by atoms with Crippen molar-refractivity contribution < 1.29 is 28.5 Å². The lowest BCUT2D eigenvalue weighted by molar-refractivity contribution is -0.144. The van der Waals surface area contributed by atoms with Crippen molar-refractivity contribution >= 4 is 29.2 Å². The van der Waals surface area contributed by atoms with Crippen molar-refractivity contribution in [2.24, 2.45) is 0 Å². The van der Waals surface area contributed by atoms with Crippen LogP contribution in [-0.2, 0) is 11.2 Å². The first-order valence-electron chi connectivity index (χ1n) is 8.80. The molecule has 0 saturated heterocycles. The van der Waals surface area contributed by atoms with Crippen LogP contribution in [0, 0.1) is 11.6 Å². The van der Waals surface area contributed by atoms with Gasteiger partial charge in [0.1, 0.15) is 11.5 Å². The van der Waals surface area contributed by atoms with Gasteiger partial charge in [0.2, 0.25) is 0 Å². The van der Waals surface area contributed by atoms with E-state index in [1.807, 2.05) is 0 Å². The third-order valence-corrected chi connectivity index (χ3v) is 5.12. The number of phenols is 1. The first-order chi connectivity index (χ1) is 14.2. The van der Waals surface area contributed by atoms with Crippen molar-refractivity contribution in [2.45, 2.75) is 19.4 Å². The molecule has 0 fully saturated rings. The van der Waals surface area contributed by atoms with E-state index < -0.39 is 23.7 Å². The molecule has 3 aromatic carbocycles. The molecule has 2 N–H and O–H groups in total. The second-order valence-corrected chi connectivity index (χ2v) is 7.44. The minimum absolute atomic E-state index is 0.0895. The Morgan fingerprint density at radius 2 is 1.70 bits per heavy atom. The molecule has 0 aliphatic carbocycles. The minimum atomic E-state index is -1.12. The van der Waals surface area contributed by atoms with Gasteiger partial charge in [0.15, 0.2) is 17.7 Å². The van der Waals surface area contributed by atoms with Crippen LogP contribution in [0.2, 0.25) is 10.0 Å². The van der Waals surface area contributed by atoms with Gasteiger partial charge in [0.05, 0.1) is 0 Å². The lowest BCUT2D eigenvalue weighted by atomic mass is 9.98. The zero-order valence-electron chi connectivity index (χ0n) is 15.6. The first-order valence-corrected chi connectivity index (χ1v) is 9.56. The number of aromatic hydroxyl groups is 1. The third-order valence-electron chi connectivity index (χ3n) is 4.45. The van der Waals surface area contributed by atoms with Gasteiger partial charge in [-0.25, -0.2) is 13.6 Å². The van der Waals surface area contributed by atoms with Crippen molar-refractivity contribution in [3.63, 3.8) is 0 Å². The highest BCUT2D eigenvalue weighted by Gasteiger charge is 2.16. The molecule has 3 rings (SSSR count). The van der Waals surface area contributed by atoms with E-state index in [1.165, 1.54) is 31.2 Å². The molecular formula is C22H16Cl2F2O4. The maximum atomic E-state index is 13.6. The Kier molecular flexibility index (Phi) is 6.48. The molecule has 1 unspecified atom stereocenters. The average Bonchev–Trinajstić information content (AvgIpc) is 2.68. The fourth-order valence-corrected chi connectivity index (χ4v) is 3.46. The number of phenolic OH excluding ortho intramolecular Hbond substituents is 1. The molecule has 4 nitrogen and oxygen atoms in total. The Morgan fingerprint density at radius 3 is 2.30 bits per heavy atom. The molecule has 156 valence electrons. The normalized spacial score (nSPS) is 11.9. The van der Waals surface area contributed by atoms with Crippen molar-refractivity contribution in [3.8, 4) is 22.6 Å². The number of carboxylic acids is 1. The topological polar surface area (TPSA) is 66.8 Å². The van der Waals surface area contributed by atoms with E-state index >= 15 is 0 Å². The third kappa shape index (κ3) is 4.83. The summed E-state index contributed by atoms with van der Waals surface area (Å²) in [5.41, 5.74) is 1.92. The SMILES string of the molecule is CC(Oc1cc(Cl)c(Cc2ccc(O)c(-c3ccc(F)c(F)c3)c2)c(Cl)c1)C(=O)O. The number of hydrogen-bond acceptors (Lipinski definition) is 3. The Balaban J connectivity index is 1.91. The minimum Gasteiger partial charge on any atom is -0.507 e. The summed E-state index contributed by atoms with van der Waals surface area (Å²) in [6, 6.07) is 11.0. The molecule has 1 atom stereocenters. The summed E-state index contributed by atoms with van der Waals surface area (Å²) < 4.78 is 32.1. The number of halogens is 4. The van der Waals surface area contributed by atoms with Gasteiger partial charge in [-0.3, -0.25) is 0 Å². The molecule has 0 aliphatic rings. The summed E-state index contributed by atoms with van der Waals surface area (Å²) in [5.74, 6) is -2.99. The quantitative estimate of drug-likeness (QED) is 0.474. The highest BCUT2D eigenvalue weighted by Crippen LogP contribution is 2.35. The van der Waals surface area contributed by atoms with Gasteiger partial charge < -0.3 is 14.9 Å². The maximum absolute atomic E-state index is 13.6. The second kappa shape index (κ2) is 8.90. The number of rotatable bonds is 6. The molecule has 30 heavy (non-hydrogen) atoms. The summed E-state index contributed by atoms with van der Waals surface area (Å²) in [6.07, 6.45) is -0.789. The van der Waals surface area contributed by atoms with Crippen LogP contribution in [0.4, 0.5) is 8.78 Å². The van der Waals surface area contributed by atoms with Crippen molar-refractivity contribution in [3.05, 3.63) is 81.3 Å². The van der Waals surface area contributed by atoms with E-state index in [2.05, 4.69) is 0 Å². The summed E-state index contributed by atoms with van der Waals surface area (Å²) in [7, 11) is 0. The van der Waals surface area contributed by atoms with E-state index in [9.17, 15) is 18.7 Å². The van der Waals surface area contributed by atoms with E-state index in [0.717, 1.165) is 12.1 Å². The van der Waals surface area contributed by atoms with E-state index in [-0.39, 0.29) is 28.0 Å². The molecule has 0 saturated carbocycles. The van der Waals surface area contributed by atoms with Gasteiger partial charge >= 0.3 is 5.97 Å². The highest BCUT2D eigenvalue weighted by molar-refractivity contribution is 6.36. The number of carbonyl (C=O) groups is 1. The largest absolute Gasteiger partial charge is 0.507 e. The van der Waals surface area contributed by atoms with Crippen LogP contribution in [0.3, 0.4) is 0 Å². The fourth-order valence-electron chi connectivity index (χ4n) is 2.86. The van der Waals surface area contributed by atoms with Crippen molar-refractivity contribution in [1.29, 1.82) is 0 Å². The number of aliphatic carboxylic acids is 1. The summed E-state index contributed by atoms with van der Waals surface area (Å²) in [6.45, 7) is 1.38. The number of benzene rings is 3. The second-order valence-electron chi connectivity index (χ2n) is 6.62. The lowest BCUT2D eigenvalue weighted by Crippen LogP contribution is -2.22. The Bertz CT molecular complexity index is 1100. The van der Waals surface area contributed by atoms with Crippen molar-refractivity contribution in [1.82, 2.24) is 0 Å². The van der Waals surface area contributed by atoms with E-state index in [0.29, 0.717) is 22.3 Å². The van der Waals surface area contributed by atoms with Gasteiger partial charge in [-0.15, -0.1) is 0 Å². The summed E-state index contributed by atoms with van der Waals surface area (Å²) >= 11 is 12.6. The predicted molar refractivity (Wildman–Crippen MR) is 110 cm³/mol. The van der Waals surface area contributed by atoms with Gasteiger partial charge in [-0.2, -0.15) is 0 Å². The van der Waals surface area contributed by atoms with Crippen LogP contribution in [-0.4, -0.2) is 22.3 Å². The molecule has 0 spiro atoms. The van der Waals surface area contributed by atoms with Gasteiger partial charge in [0.25, 0.3) is 0 Å². The zero-order chi connectivity index (χ0) is 22.0. The molecule has 0 bridgehead atoms. The fraction of sp³-hybridized carbons (Fsp3) is 0.136. The number of ether oxygens (including phenoxy) is 1. The average molecular weight is 453 g/mol. The maximum Gasteiger partial charge on any atom is 0.344 e. The van der Waals surface area contributed by atoms with E-state index in [1.54, 1.807) is 12.1 Å². The Labute approximate surface area is 181 Å². The van der Waals surface area contributed by atoms with Gasteiger partial charge in [0, 0.05) is 22.0 Å². The predicted octanol–water partition coefficient (Wildman–Crippen LogP) is 6.09. The summed E-state index contributed by atoms with van der Waals surface area (Å²) in [4.78, 5) is 10.9. The van der Waals surface area contributed by atoms with Crippen LogP contribution in [0.1, 0.15) is 18.1 Å². The number of hydrogen-bond donors (Lipinski definition) is 2. The Hall–Kier alpha value is -2.83. The molecule has 0 heterocycles.